The van der Waals surface area contributed by atoms with Crippen LogP contribution in [0, 0.1) is 0 Å². The first-order valence-electron chi connectivity index (χ1n) is 6.50. The Morgan fingerprint density at radius 3 is 3.05 bits per heavy atom. The standard InChI is InChI=1S/C14H18N4O/c1-14(2)7-11(15-8-13-16-9-17-18-13)10-5-3-4-6-12(10)19-14/h3-6,9,11,15H,7-8H2,1-2H3,(H,16,17,18). The van der Waals surface area contributed by atoms with Crippen LogP contribution in [0.1, 0.15) is 37.7 Å². The molecule has 5 nitrogen and oxygen atoms in total. The number of hydrogen-bond acceptors (Lipinski definition) is 4. The van der Waals surface area contributed by atoms with E-state index >= 15 is 0 Å². The minimum absolute atomic E-state index is 0.159. The number of aromatic amines is 1. The van der Waals surface area contributed by atoms with Gasteiger partial charge >= 0.3 is 0 Å². The minimum Gasteiger partial charge on any atom is -0.487 e. The molecule has 5 heteroatoms. The quantitative estimate of drug-likeness (QED) is 0.886. The first kappa shape index (κ1) is 12.2. The van der Waals surface area contributed by atoms with E-state index in [1.807, 2.05) is 18.2 Å². The number of H-pyrrole nitrogens is 1. The molecule has 0 aliphatic carbocycles. The van der Waals surface area contributed by atoms with Gasteiger partial charge in [0.05, 0.1) is 6.54 Å². The first-order chi connectivity index (χ1) is 9.14. The summed E-state index contributed by atoms with van der Waals surface area (Å²) >= 11 is 0. The van der Waals surface area contributed by atoms with Gasteiger partial charge in [0.2, 0.25) is 0 Å². The second-order valence-corrected chi connectivity index (χ2v) is 5.47. The maximum absolute atomic E-state index is 6.01. The van der Waals surface area contributed by atoms with Crippen LogP contribution in [-0.4, -0.2) is 20.8 Å². The maximum atomic E-state index is 6.01. The van der Waals surface area contributed by atoms with Crippen LogP contribution in [0.3, 0.4) is 0 Å². The average molecular weight is 258 g/mol. The van der Waals surface area contributed by atoms with Gasteiger partial charge in [-0.2, -0.15) is 5.10 Å². The molecule has 0 amide bonds. The van der Waals surface area contributed by atoms with Crippen LogP contribution < -0.4 is 10.1 Å². The van der Waals surface area contributed by atoms with Gasteiger partial charge in [-0.3, -0.25) is 5.10 Å². The molecule has 1 aliphatic rings. The van der Waals surface area contributed by atoms with E-state index in [0.29, 0.717) is 6.54 Å². The summed E-state index contributed by atoms with van der Waals surface area (Å²) in [7, 11) is 0. The number of nitrogens with one attached hydrogen (secondary N) is 2. The lowest BCUT2D eigenvalue weighted by Gasteiger charge is -2.37. The van der Waals surface area contributed by atoms with Crippen LogP contribution >= 0.6 is 0 Å². The SMILES string of the molecule is CC1(C)CC(NCc2ncn[nH]2)c2ccccc2O1. The maximum Gasteiger partial charge on any atom is 0.138 e. The molecule has 0 bridgehead atoms. The van der Waals surface area contributed by atoms with Crippen LogP contribution in [0.5, 0.6) is 5.75 Å². The third-order valence-electron chi connectivity index (χ3n) is 3.36. The molecule has 19 heavy (non-hydrogen) atoms. The van der Waals surface area contributed by atoms with E-state index in [4.69, 9.17) is 4.74 Å². The summed E-state index contributed by atoms with van der Waals surface area (Å²) in [5, 5.41) is 10.2. The molecule has 2 N–H and O–H groups in total. The van der Waals surface area contributed by atoms with Gasteiger partial charge in [-0.1, -0.05) is 18.2 Å². The Bertz CT molecular complexity index is 550. The van der Waals surface area contributed by atoms with Gasteiger partial charge in [0, 0.05) is 18.0 Å². The van der Waals surface area contributed by atoms with Crippen molar-refractivity contribution in [2.24, 2.45) is 0 Å². The summed E-state index contributed by atoms with van der Waals surface area (Å²) in [6.45, 7) is 4.91. The monoisotopic (exact) mass is 258 g/mol. The summed E-state index contributed by atoms with van der Waals surface area (Å²) in [4.78, 5) is 4.13. The molecule has 0 saturated heterocycles. The molecule has 0 fully saturated rings. The number of para-hydroxylation sites is 1. The normalized spacial score (nSPS) is 20.6. The number of ether oxygens (including phenoxy) is 1. The van der Waals surface area contributed by atoms with Crippen LogP contribution in [0.15, 0.2) is 30.6 Å². The number of fused-ring (bicyclic) bond motifs is 1. The summed E-state index contributed by atoms with van der Waals surface area (Å²) in [6, 6.07) is 8.46. The van der Waals surface area contributed by atoms with Crippen molar-refractivity contribution in [1.29, 1.82) is 0 Å². The number of benzene rings is 1. The highest BCUT2D eigenvalue weighted by molar-refractivity contribution is 5.38. The van der Waals surface area contributed by atoms with Gasteiger partial charge in [0.15, 0.2) is 0 Å². The minimum atomic E-state index is -0.159. The van der Waals surface area contributed by atoms with E-state index < -0.39 is 0 Å². The highest BCUT2D eigenvalue weighted by atomic mass is 16.5. The molecule has 1 aliphatic heterocycles. The zero-order chi connectivity index (χ0) is 13.3. The highest BCUT2D eigenvalue weighted by Gasteiger charge is 2.33. The molecule has 100 valence electrons. The van der Waals surface area contributed by atoms with Crippen molar-refractivity contribution < 1.29 is 4.74 Å². The topological polar surface area (TPSA) is 62.8 Å². The van der Waals surface area contributed by atoms with Crippen molar-refractivity contribution in [3.63, 3.8) is 0 Å². The molecule has 3 rings (SSSR count). The van der Waals surface area contributed by atoms with Crippen LogP contribution in [-0.2, 0) is 6.54 Å². The molecule has 0 spiro atoms. The summed E-state index contributed by atoms with van der Waals surface area (Å²) < 4.78 is 6.01. The lowest BCUT2D eigenvalue weighted by atomic mass is 9.90. The lowest BCUT2D eigenvalue weighted by Crippen LogP contribution is -2.39. The molecule has 2 aromatic rings. The molecular weight excluding hydrogens is 240 g/mol. The fourth-order valence-electron chi connectivity index (χ4n) is 2.52. The Morgan fingerprint density at radius 1 is 1.42 bits per heavy atom. The molecule has 0 saturated carbocycles. The van der Waals surface area contributed by atoms with Crippen LogP contribution in [0.2, 0.25) is 0 Å². The van der Waals surface area contributed by atoms with Crippen molar-refractivity contribution in [3.05, 3.63) is 42.0 Å². The van der Waals surface area contributed by atoms with E-state index in [1.165, 1.54) is 11.9 Å². The zero-order valence-corrected chi connectivity index (χ0v) is 11.2. The molecule has 1 atom stereocenters. The molecule has 2 heterocycles. The van der Waals surface area contributed by atoms with E-state index in [0.717, 1.165) is 18.0 Å². The Kier molecular flexibility index (Phi) is 2.98. The predicted molar refractivity (Wildman–Crippen MR) is 71.7 cm³/mol. The molecular formula is C14H18N4O. The fraction of sp³-hybridized carbons (Fsp3) is 0.429. The average Bonchev–Trinajstić information content (AvgIpc) is 2.87. The van der Waals surface area contributed by atoms with E-state index in [-0.39, 0.29) is 11.6 Å². The molecule has 1 unspecified atom stereocenters. The van der Waals surface area contributed by atoms with Crippen molar-refractivity contribution in [2.45, 2.75) is 38.5 Å². The van der Waals surface area contributed by atoms with Gasteiger partial charge < -0.3 is 10.1 Å². The second-order valence-electron chi connectivity index (χ2n) is 5.47. The Balaban J connectivity index is 1.80. The van der Waals surface area contributed by atoms with Crippen LogP contribution in [0.25, 0.3) is 0 Å². The number of aromatic nitrogens is 3. The fourth-order valence-corrected chi connectivity index (χ4v) is 2.52. The van der Waals surface area contributed by atoms with Gasteiger partial charge in [-0.25, -0.2) is 4.98 Å². The van der Waals surface area contributed by atoms with Crippen molar-refractivity contribution in [2.75, 3.05) is 0 Å². The summed E-state index contributed by atoms with van der Waals surface area (Å²) in [5.41, 5.74) is 1.05. The first-order valence-corrected chi connectivity index (χ1v) is 6.50. The predicted octanol–water partition coefficient (Wildman–Crippen LogP) is 2.20. The second kappa shape index (κ2) is 4.66. The largest absolute Gasteiger partial charge is 0.487 e. The van der Waals surface area contributed by atoms with Gasteiger partial charge in [-0.05, 0) is 19.9 Å². The molecule has 0 radical (unpaired) electrons. The van der Waals surface area contributed by atoms with Crippen molar-refractivity contribution >= 4 is 0 Å². The van der Waals surface area contributed by atoms with Gasteiger partial charge in [0.25, 0.3) is 0 Å². The van der Waals surface area contributed by atoms with E-state index in [1.54, 1.807) is 0 Å². The molecule has 1 aromatic heterocycles. The Morgan fingerprint density at radius 2 is 2.26 bits per heavy atom. The van der Waals surface area contributed by atoms with Gasteiger partial charge in [0.1, 0.15) is 23.5 Å². The number of hydrogen-bond donors (Lipinski definition) is 2. The lowest BCUT2D eigenvalue weighted by molar-refractivity contribution is 0.0656. The Labute approximate surface area is 112 Å². The van der Waals surface area contributed by atoms with Crippen molar-refractivity contribution in [3.8, 4) is 5.75 Å². The number of rotatable bonds is 3. The summed E-state index contributed by atoms with van der Waals surface area (Å²) in [5.74, 6) is 1.82. The summed E-state index contributed by atoms with van der Waals surface area (Å²) in [6.07, 6.45) is 2.46. The number of nitrogens with zero attached hydrogens (tertiary/aromatic N) is 2. The molecule has 1 aromatic carbocycles. The Hall–Kier alpha value is -1.88. The van der Waals surface area contributed by atoms with E-state index in [2.05, 4.69) is 40.4 Å². The van der Waals surface area contributed by atoms with Crippen molar-refractivity contribution in [1.82, 2.24) is 20.5 Å². The highest BCUT2D eigenvalue weighted by Crippen LogP contribution is 2.39. The smallest absolute Gasteiger partial charge is 0.138 e. The third kappa shape index (κ3) is 2.61. The van der Waals surface area contributed by atoms with Crippen LogP contribution in [0.4, 0.5) is 0 Å². The zero-order valence-electron chi connectivity index (χ0n) is 11.2. The third-order valence-corrected chi connectivity index (χ3v) is 3.36. The van der Waals surface area contributed by atoms with Gasteiger partial charge in [-0.15, -0.1) is 0 Å². The van der Waals surface area contributed by atoms with E-state index in [9.17, 15) is 0 Å².